The van der Waals surface area contributed by atoms with Crippen molar-refractivity contribution in [1.82, 2.24) is 10.2 Å². The second-order valence-corrected chi connectivity index (χ2v) is 6.49. The summed E-state index contributed by atoms with van der Waals surface area (Å²) in [4.78, 5) is 2.46. The largest absolute Gasteiger partial charge is 0.378 e. The van der Waals surface area contributed by atoms with Crippen LogP contribution in [0.1, 0.15) is 58.3 Å². The van der Waals surface area contributed by atoms with Gasteiger partial charge < -0.3 is 15.0 Å². The molecule has 2 fully saturated rings. The third kappa shape index (κ3) is 5.41. The third-order valence-electron chi connectivity index (χ3n) is 4.87. The van der Waals surface area contributed by atoms with Crippen molar-refractivity contribution < 1.29 is 4.74 Å². The first-order chi connectivity index (χ1) is 9.25. The maximum absolute atomic E-state index is 5.96. The number of rotatable bonds is 6. The van der Waals surface area contributed by atoms with Gasteiger partial charge in [0.15, 0.2) is 0 Å². The lowest BCUT2D eigenvalue weighted by Crippen LogP contribution is -2.45. The summed E-state index contributed by atoms with van der Waals surface area (Å²) in [5, 5.41) is 3.70. The molecule has 2 rings (SSSR count). The molecule has 1 aliphatic heterocycles. The van der Waals surface area contributed by atoms with Crippen molar-refractivity contribution in [2.45, 2.75) is 76.5 Å². The monoisotopic (exact) mass is 268 g/mol. The third-order valence-corrected chi connectivity index (χ3v) is 4.87. The van der Waals surface area contributed by atoms with E-state index in [1.54, 1.807) is 0 Å². The van der Waals surface area contributed by atoms with Crippen LogP contribution in [0.15, 0.2) is 0 Å². The van der Waals surface area contributed by atoms with Gasteiger partial charge in [-0.1, -0.05) is 19.3 Å². The Hall–Kier alpha value is -0.120. The van der Waals surface area contributed by atoms with Crippen LogP contribution < -0.4 is 5.32 Å². The van der Waals surface area contributed by atoms with Gasteiger partial charge in [-0.25, -0.2) is 0 Å². The molecular formula is C16H32N2O. The number of nitrogens with one attached hydrogen (secondary N) is 1. The lowest BCUT2D eigenvalue weighted by Gasteiger charge is -2.35. The Morgan fingerprint density at radius 1 is 1.16 bits per heavy atom. The first kappa shape index (κ1) is 15.3. The number of hydrogen-bond donors (Lipinski definition) is 1. The average Bonchev–Trinajstić information content (AvgIpc) is 2.43. The Kier molecular flexibility index (Phi) is 6.62. The lowest BCUT2D eigenvalue weighted by molar-refractivity contribution is 0.0267. The molecular weight excluding hydrogens is 236 g/mol. The maximum atomic E-state index is 5.96. The zero-order valence-electron chi connectivity index (χ0n) is 12.9. The van der Waals surface area contributed by atoms with Gasteiger partial charge in [0.2, 0.25) is 0 Å². The predicted octanol–water partition coefficient (Wildman–Crippen LogP) is 2.80. The number of nitrogens with zero attached hydrogens (tertiary/aromatic N) is 1. The fourth-order valence-electron chi connectivity index (χ4n) is 3.33. The van der Waals surface area contributed by atoms with Crippen molar-refractivity contribution in [2.75, 3.05) is 26.7 Å². The minimum absolute atomic E-state index is 0.567. The highest BCUT2D eigenvalue weighted by molar-refractivity contribution is 4.80. The van der Waals surface area contributed by atoms with Gasteiger partial charge in [0.05, 0.1) is 6.10 Å². The Bertz CT molecular complexity index is 241. The van der Waals surface area contributed by atoms with E-state index in [2.05, 4.69) is 24.2 Å². The Morgan fingerprint density at radius 2 is 1.95 bits per heavy atom. The molecule has 19 heavy (non-hydrogen) atoms. The molecule has 1 N–H and O–H groups in total. The van der Waals surface area contributed by atoms with Gasteiger partial charge in [-0.3, -0.25) is 0 Å². The van der Waals surface area contributed by atoms with Gasteiger partial charge in [0, 0.05) is 18.7 Å². The quantitative estimate of drug-likeness (QED) is 0.750. The Balaban J connectivity index is 1.47. The van der Waals surface area contributed by atoms with Gasteiger partial charge in [0.1, 0.15) is 0 Å². The molecule has 3 heteroatoms. The summed E-state index contributed by atoms with van der Waals surface area (Å²) in [6.45, 7) is 5.63. The second kappa shape index (κ2) is 8.23. The summed E-state index contributed by atoms with van der Waals surface area (Å²) in [5.74, 6) is 0. The van der Waals surface area contributed by atoms with E-state index in [0.29, 0.717) is 6.10 Å². The van der Waals surface area contributed by atoms with Crippen molar-refractivity contribution in [1.29, 1.82) is 0 Å². The van der Waals surface area contributed by atoms with Crippen LogP contribution in [0.25, 0.3) is 0 Å². The number of hydrogen-bond acceptors (Lipinski definition) is 3. The average molecular weight is 268 g/mol. The molecule has 0 amide bonds. The van der Waals surface area contributed by atoms with E-state index in [9.17, 15) is 0 Å². The predicted molar refractivity (Wildman–Crippen MR) is 80.6 cm³/mol. The molecule has 1 aliphatic carbocycles. The molecule has 0 radical (unpaired) electrons. The van der Waals surface area contributed by atoms with Gasteiger partial charge in [-0.15, -0.1) is 0 Å². The van der Waals surface area contributed by atoms with E-state index in [-0.39, 0.29) is 0 Å². The molecule has 2 unspecified atom stereocenters. The Labute approximate surface area is 119 Å². The van der Waals surface area contributed by atoms with Crippen molar-refractivity contribution in [2.24, 2.45) is 0 Å². The summed E-state index contributed by atoms with van der Waals surface area (Å²) >= 11 is 0. The highest BCUT2D eigenvalue weighted by Gasteiger charge is 2.21. The first-order valence-electron chi connectivity index (χ1n) is 8.31. The zero-order valence-corrected chi connectivity index (χ0v) is 12.9. The van der Waals surface area contributed by atoms with E-state index in [0.717, 1.165) is 31.7 Å². The minimum atomic E-state index is 0.567. The molecule has 0 bridgehead atoms. The van der Waals surface area contributed by atoms with Crippen LogP contribution in [0.3, 0.4) is 0 Å². The zero-order chi connectivity index (χ0) is 13.5. The van der Waals surface area contributed by atoms with Crippen LogP contribution >= 0.6 is 0 Å². The molecule has 0 aromatic carbocycles. The minimum Gasteiger partial charge on any atom is -0.378 e. The molecule has 1 saturated heterocycles. The van der Waals surface area contributed by atoms with Crippen LogP contribution in [0.5, 0.6) is 0 Å². The van der Waals surface area contributed by atoms with E-state index < -0.39 is 0 Å². The molecule has 112 valence electrons. The highest BCUT2D eigenvalue weighted by atomic mass is 16.5. The van der Waals surface area contributed by atoms with Crippen LogP contribution in [0, 0.1) is 0 Å². The van der Waals surface area contributed by atoms with Gasteiger partial charge in [-0.05, 0) is 59.2 Å². The fraction of sp³-hybridized carbons (Fsp3) is 1.00. The summed E-state index contributed by atoms with van der Waals surface area (Å²) in [6.07, 6.45) is 11.1. The molecule has 0 aromatic rings. The number of ether oxygens (including phenoxy) is 1. The van der Waals surface area contributed by atoms with Crippen molar-refractivity contribution in [3.63, 3.8) is 0 Å². The van der Waals surface area contributed by atoms with Gasteiger partial charge in [0.25, 0.3) is 0 Å². The molecule has 3 nitrogen and oxygen atoms in total. The Morgan fingerprint density at radius 3 is 2.68 bits per heavy atom. The van der Waals surface area contributed by atoms with E-state index in [1.807, 2.05) is 0 Å². The van der Waals surface area contributed by atoms with E-state index in [4.69, 9.17) is 4.74 Å². The normalized spacial score (nSPS) is 30.6. The van der Waals surface area contributed by atoms with Crippen LogP contribution in [-0.2, 0) is 4.74 Å². The first-order valence-corrected chi connectivity index (χ1v) is 8.31. The SMILES string of the molecule is CC1CC(NCCCOC2CCCCC2)CCN1C. The summed E-state index contributed by atoms with van der Waals surface area (Å²) in [7, 11) is 2.24. The number of likely N-dealkylation sites (tertiary alicyclic amines) is 1. The van der Waals surface area contributed by atoms with Gasteiger partial charge >= 0.3 is 0 Å². The van der Waals surface area contributed by atoms with Crippen molar-refractivity contribution in [3.8, 4) is 0 Å². The summed E-state index contributed by atoms with van der Waals surface area (Å²) < 4.78 is 5.96. The summed E-state index contributed by atoms with van der Waals surface area (Å²) in [6, 6.07) is 1.45. The smallest absolute Gasteiger partial charge is 0.0575 e. The maximum Gasteiger partial charge on any atom is 0.0575 e. The molecule has 2 atom stereocenters. The topological polar surface area (TPSA) is 24.5 Å². The summed E-state index contributed by atoms with van der Waals surface area (Å²) in [5.41, 5.74) is 0. The van der Waals surface area contributed by atoms with Crippen molar-refractivity contribution in [3.05, 3.63) is 0 Å². The van der Waals surface area contributed by atoms with Crippen LogP contribution in [0.4, 0.5) is 0 Å². The standard InChI is InChI=1S/C16H32N2O/c1-14-13-15(9-11-18(14)2)17-10-6-12-19-16-7-4-3-5-8-16/h14-17H,3-13H2,1-2H3. The van der Waals surface area contributed by atoms with Crippen molar-refractivity contribution >= 4 is 0 Å². The van der Waals surface area contributed by atoms with Crippen LogP contribution in [-0.4, -0.2) is 49.8 Å². The number of piperidine rings is 1. The van der Waals surface area contributed by atoms with Gasteiger partial charge in [-0.2, -0.15) is 0 Å². The second-order valence-electron chi connectivity index (χ2n) is 6.49. The molecule has 0 spiro atoms. The molecule has 1 heterocycles. The molecule has 2 aliphatic rings. The highest BCUT2D eigenvalue weighted by Crippen LogP contribution is 2.20. The van der Waals surface area contributed by atoms with E-state index >= 15 is 0 Å². The lowest BCUT2D eigenvalue weighted by atomic mass is 9.98. The van der Waals surface area contributed by atoms with Crippen LogP contribution in [0.2, 0.25) is 0 Å². The molecule has 1 saturated carbocycles. The molecule has 0 aromatic heterocycles. The fourth-order valence-corrected chi connectivity index (χ4v) is 3.33. The van der Waals surface area contributed by atoms with E-state index in [1.165, 1.54) is 51.5 Å².